The second-order valence-electron chi connectivity index (χ2n) is 3.95. The van der Waals surface area contributed by atoms with Crippen molar-refractivity contribution in [3.05, 3.63) is 33.3 Å². The number of carbonyl (C=O) groups excluding carboxylic acids is 1. The number of halogens is 3. The van der Waals surface area contributed by atoms with Crippen molar-refractivity contribution in [2.24, 2.45) is 0 Å². The minimum atomic E-state index is -0.0504. The predicted molar refractivity (Wildman–Crippen MR) is 76.0 cm³/mol. The van der Waals surface area contributed by atoms with Gasteiger partial charge >= 0.3 is 0 Å². The van der Waals surface area contributed by atoms with Crippen LogP contribution in [0.5, 0.6) is 0 Å². The number of hydrogen-bond donors (Lipinski definition) is 0. The molecule has 1 unspecified atom stereocenters. The van der Waals surface area contributed by atoms with Gasteiger partial charge in [0.1, 0.15) is 0 Å². The number of rotatable bonds is 4. The van der Waals surface area contributed by atoms with Gasteiger partial charge in [-0.2, -0.15) is 0 Å². The lowest BCUT2D eigenvalue weighted by Gasteiger charge is -2.18. The largest absolute Gasteiger partial charge is 0.342 e. The van der Waals surface area contributed by atoms with E-state index in [0.717, 1.165) is 10.9 Å². The fourth-order valence-corrected chi connectivity index (χ4v) is 2.33. The average Bonchev–Trinajstić information content (AvgIpc) is 2.23. The molecule has 0 fully saturated rings. The molecule has 0 heterocycles. The molecule has 0 N–H and O–H groups in total. The Morgan fingerprint density at radius 3 is 2.65 bits per heavy atom. The molecule has 0 aliphatic carbocycles. The number of alkyl halides is 1. The molecule has 0 radical (unpaired) electrons. The minimum Gasteiger partial charge on any atom is -0.342 e. The standard InChI is InChI=1S/C12H14BrCl2NO/c1-8(14)3-4-16(2)12(17)9-5-10(13)7-11(15)6-9/h5-8H,3-4H2,1-2H3. The van der Waals surface area contributed by atoms with E-state index in [1.807, 2.05) is 6.92 Å². The topological polar surface area (TPSA) is 20.3 Å². The van der Waals surface area contributed by atoms with Gasteiger partial charge in [-0.1, -0.05) is 27.5 Å². The lowest BCUT2D eigenvalue weighted by atomic mass is 10.2. The normalized spacial score (nSPS) is 12.3. The van der Waals surface area contributed by atoms with Crippen molar-refractivity contribution in [1.82, 2.24) is 4.90 Å². The van der Waals surface area contributed by atoms with E-state index < -0.39 is 0 Å². The van der Waals surface area contributed by atoms with Gasteiger partial charge in [-0.05, 0) is 31.5 Å². The Morgan fingerprint density at radius 1 is 1.47 bits per heavy atom. The molecule has 0 spiro atoms. The van der Waals surface area contributed by atoms with Gasteiger partial charge in [0.2, 0.25) is 0 Å². The van der Waals surface area contributed by atoms with Crippen LogP contribution in [0.1, 0.15) is 23.7 Å². The lowest BCUT2D eigenvalue weighted by molar-refractivity contribution is 0.0793. The molecular formula is C12H14BrCl2NO. The summed E-state index contributed by atoms with van der Waals surface area (Å²) in [6.45, 7) is 2.55. The molecule has 1 atom stereocenters. The first-order valence-corrected chi connectivity index (χ1v) is 6.86. The summed E-state index contributed by atoms with van der Waals surface area (Å²) in [5, 5.41) is 0.609. The zero-order chi connectivity index (χ0) is 13.0. The molecule has 0 saturated heterocycles. The summed E-state index contributed by atoms with van der Waals surface area (Å²) in [7, 11) is 1.76. The zero-order valence-electron chi connectivity index (χ0n) is 9.71. The van der Waals surface area contributed by atoms with Crippen LogP contribution < -0.4 is 0 Å². The first-order chi connectivity index (χ1) is 7.90. The highest BCUT2D eigenvalue weighted by molar-refractivity contribution is 9.10. The highest BCUT2D eigenvalue weighted by atomic mass is 79.9. The van der Waals surface area contributed by atoms with Crippen LogP contribution in [0.3, 0.4) is 0 Å². The molecule has 1 rings (SSSR count). The summed E-state index contributed by atoms with van der Waals surface area (Å²) >= 11 is 15.1. The highest BCUT2D eigenvalue weighted by Gasteiger charge is 2.13. The molecule has 0 bridgehead atoms. The van der Waals surface area contributed by atoms with E-state index in [9.17, 15) is 4.79 Å². The number of nitrogens with zero attached hydrogens (tertiary/aromatic N) is 1. The Bertz CT molecular complexity index is 389. The van der Waals surface area contributed by atoms with Crippen LogP contribution >= 0.6 is 39.1 Å². The van der Waals surface area contributed by atoms with Gasteiger partial charge in [0.25, 0.3) is 5.91 Å². The highest BCUT2D eigenvalue weighted by Crippen LogP contribution is 2.20. The van der Waals surface area contributed by atoms with E-state index in [0.29, 0.717) is 17.1 Å². The second-order valence-corrected chi connectivity index (χ2v) is 6.05. The molecule has 2 nitrogen and oxygen atoms in total. The Balaban J connectivity index is 2.74. The van der Waals surface area contributed by atoms with Crippen LogP contribution in [0, 0.1) is 0 Å². The van der Waals surface area contributed by atoms with Gasteiger partial charge in [0, 0.05) is 34.0 Å². The molecule has 5 heteroatoms. The van der Waals surface area contributed by atoms with Crippen molar-refractivity contribution in [1.29, 1.82) is 0 Å². The van der Waals surface area contributed by atoms with Crippen molar-refractivity contribution < 1.29 is 4.79 Å². The van der Waals surface area contributed by atoms with Crippen molar-refractivity contribution >= 4 is 45.0 Å². The Labute approximate surface area is 120 Å². The molecule has 0 aliphatic heterocycles. The summed E-state index contributed by atoms with van der Waals surface area (Å²) < 4.78 is 0.799. The van der Waals surface area contributed by atoms with E-state index in [-0.39, 0.29) is 11.3 Å². The van der Waals surface area contributed by atoms with E-state index in [1.54, 1.807) is 30.1 Å². The third kappa shape index (κ3) is 4.86. The van der Waals surface area contributed by atoms with Gasteiger partial charge in [-0.3, -0.25) is 4.79 Å². The summed E-state index contributed by atoms with van der Waals surface area (Å²) in [5.41, 5.74) is 0.578. The molecule has 0 aliphatic rings. The molecule has 1 aromatic rings. The first kappa shape index (κ1) is 14.8. The van der Waals surface area contributed by atoms with Crippen LogP contribution in [-0.2, 0) is 0 Å². The summed E-state index contributed by atoms with van der Waals surface area (Å²) in [6.07, 6.45) is 0.769. The summed E-state index contributed by atoms with van der Waals surface area (Å²) in [5.74, 6) is -0.0504. The quantitative estimate of drug-likeness (QED) is 0.754. The number of carbonyl (C=O) groups is 1. The molecular weight excluding hydrogens is 325 g/mol. The Morgan fingerprint density at radius 2 is 2.12 bits per heavy atom. The van der Waals surface area contributed by atoms with E-state index in [1.165, 1.54) is 0 Å². The molecule has 1 aromatic carbocycles. The minimum absolute atomic E-state index is 0.0504. The van der Waals surface area contributed by atoms with Crippen molar-refractivity contribution in [2.75, 3.05) is 13.6 Å². The monoisotopic (exact) mass is 337 g/mol. The SMILES string of the molecule is CC(Cl)CCN(C)C(=O)c1cc(Cl)cc(Br)c1. The van der Waals surface area contributed by atoms with Crippen molar-refractivity contribution in [2.45, 2.75) is 18.7 Å². The molecule has 94 valence electrons. The second kappa shape index (κ2) is 6.62. The third-order valence-corrected chi connectivity index (χ3v) is 3.21. The smallest absolute Gasteiger partial charge is 0.253 e. The van der Waals surface area contributed by atoms with E-state index >= 15 is 0 Å². The van der Waals surface area contributed by atoms with Crippen LogP contribution in [0.25, 0.3) is 0 Å². The summed E-state index contributed by atoms with van der Waals surface area (Å²) in [4.78, 5) is 13.7. The van der Waals surface area contributed by atoms with Gasteiger partial charge in [-0.25, -0.2) is 0 Å². The van der Waals surface area contributed by atoms with Crippen LogP contribution in [0.15, 0.2) is 22.7 Å². The van der Waals surface area contributed by atoms with Gasteiger partial charge < -0.3 is 4.90 Å². The van der Waals surface area contributed by atoms with Crippen molar-refractivity contribution in [3.8, 4) is 0 Å². The fraction of sp³-hybridized carbons (Fsp3) is 0.417. The number of amides is 1. The maximum Gasteiger partial charge on any atom is 0.253 e. The Hall–Kier alpha value is -0.250. The van der Waals surface area contributed by atoms with Gasteiger partial charge in [0.15, 0.2) is 0 Å². The van der Waals surface area contributed by atoms with Crippen molar-refractivity contribution in [3.63, 3.8) is 0 Å². The van der Waals surface area contributed by atoms with Gasteiger partial charge in [0.05, 0.1) is 0 Å². The zero-order valence-corrected chi connectivity index (χ0v) is 12.8. The maximum absolute atomic E-state index is 12.1. The lowest BCUT2D eigenvalue weighted by Crippen LogP contribution is -2.28. The van der Waals surface area contributed by atoms with Crippen LogP contribution in [0.4, 0.5) is 0 Å². The Kier molecular flexibility index (Phi) is 5.77. The first-order valence-electron chi connectivity index (χ1n) is 5.26. The molecule has 1 amide bonds. The molecule has 0 aromatic heterocycles. The van der Waals surface area contributed by atoms with Crippen LogP contribution in [-0.4, -0.2) is 29.8 Å². The van der Waals surface area contributed by atoms with Crippen LogP contribution in [0.2, 0.25) is 5.02 Å². The summed E-state index contributed by atoms with van der Waals surface area (Å²) in [6, 6.07) is 5.17. The number of benzene rings is 1. The number of hydrogen-bond acceptors (Lipinski definition) is 1. The fourth-order valence-electron chi connectivity index (χ4n) is 1.37. The molecule has 17 heavy (non-hydrogen) atoms. The average molecular weight is 339 g/mol. The van der Waals surface area contributed by atoms with E-state index in [4.69, 9.17) is 23.2 Å². The van der Waals surface area contributed by atoms with E-state index in [2.05, 4.69) is 15.9 Å². The third-order valence-electron chi connectivity index (χ3n) is 2.32. The predicted octanol–water partition coefficient (Wildman–Crippen LogP) is 4.19. The maximum atomic E-state index is 12.1. The molecule has 0 saturated carbocycles. The van der Waals surface area contributed by atoms with Gasteiger partial charge in [-0.15, -0.1) is 11.6 Å².